The van der Waals surface area contributed by atoms with Crippen molar-refractivity contribution >= 4 is 5.91 Å². The van der Waals surface area contributed by atoms with Crippen LogP contribution in [0.1, 0.15) is 91.4 Å². The van der Waals surface area contributed by atoms with Crippen LogP contribution in [0.5, 0.6) is 0 Å². The van der Waals surface area contributed by atoms with Gasteiger partial charge in [0.15, 0.2) is 0 Å². The van der Waals surface area contributed by atoms with Gasteiger partial charge in [-0.15, -0.1) is 0 Å². The molecule has 1 amide bonds. The van der Waals surface area contributed by atoms with Gasteiger partial charge < -0.3 is 35.3 Å². The van der Waals surface area contributed by atoms with Gasteiger partial charge in [-0.1, -0.05) is 33.1 Å². The summed E-state index contributed by atoms with van der Waals surface area (Å²) in [5.41, 5.74) is 0. The van der Waals surface area contributed by atoms with E-state index in [1.165, 1.54) is 71.0 Å². The standard InChI is InChI=1S/C32H65N5O4/c1-27(2)9-19-35-20-10-29(11-21-35)7-4-8-30-12-22-36(23-13-30)24-14-32(41)34-16-6-18-37(25-31(40)26-38)17-5-15-33-28(3)39/h27-31,33,38-40H,4-26H2,1-3H3,(H,34,41). The molecule has 0 saturated carbocycles. The van der Waals surface area contributed by atoms with E-state index < -0.39 is 12.3 Å². The third kappa shape index (κ3) is 17.8. The third-order valence-corrected chi connectivity index (χ3v) is 9.06. The number of piperidine rings is 2. The third-order valence-electron chi connectivity index (χ3n) is 9.06. The first-order valence-electron chi connectivity index (χ1n) is 16.9. The number of likely N-dealkylation sites (tertiary alicyclic amines) is 2. The van der Waals surface area contributed by atoms with Crippen LogP contribution in [-0.2, 0) is 4.79 Å². The Morgan fingerprint density at radius 2 is 1.41 bits per heavy atom. The summed E-state index contributed by atoms with van der Waals surface area (Å²) < 4.78 is 0. The number of hydrogen-bond acceptors (Lipinski definition) is 8. The van der Waals surface area contributed by atoms with Crippen molar-refractivity contribution in [3.8, 4) is 0 Å². The topological polar surface area (TPSA) is 112 Å². The molecule has 0 aromatic carbocycles. The summed E-state index contributed by atoms with van der Waals surface area (Å²) in [6, 6.07) is 0. The summed E-state index contributed by atoms with van der Waals surface area (Å²) >= 11 is 0. The minimum absolute atomic E-state index is 0.116. The van der Waals surface area contributed by atoms with Gasteiger partial charge in [-0.3, -0.25) is 10.1 Å². The van der Waals surface area contributed by atoms with Gasteiger partial charge in [0.05, 0.1) is 12.7 Å². The van der Waals surface area contributed by atoms with E-state index >= 15 is 0 Å². The number of carbonyl (C=O) groups excluding carboxylic acids is 1. The van der Waals surface area contributed by atoms with E-state index in [1.807, 2.05) is 0 Å². The fourth-order valence-corrected chi connectivity index (χ4v) is 6.28. The Balaban J connectivity index is 1.48. The second-order valence-electron chi connectivity index (χ2n) is 13.3. The molecule has 9 heteroatoms. The zero-order valence-corrected chi connectivity index (χ0v) is 26.7. The second kappa shape index (κ2) is 21.8. The van der Waals surface area contributed by atoms with E-state index in [0.29, 0.717) is 26.1 Å². The van der Waals surface area contributed by atoms with E-state index in [9.17, 15) is 20.1 Å². The van der Waals surface area contributed by atoms with Gasteiger partial charge >= 0.3 is 0 Å². The number of amides is 1. The maximum atomic E-state index is 12.4. The molecule has 0 bridgehead atoms. The lowest BCUT2D eigenvalue weighted by atomic mass is 9.86. The summed E-state index contributed by atoms with van der Waals surface area (Å²) in [5.74, 6) is 2.73. The Labute approximate surface area is 251 Å². The van der Waals surface area contributed by atoms with E-state index in [1.54, 1.807) is 6.92 Å². The molecular formula is C32H65N5O4. The molecule has 2 atom stereocenters. The Hall–Kier alpha value is -0.810. The highest BCUT2D eigenvalue weighted by atomic mass is 16.3. The first kappa shape index (κ1) is 36.4. The molecule has 2 aliphatic heterocycles. The van der Waals surface area contributed by atoms with Crippen molar-refractivity contribution in [2.45, 2.75) is 104 Å². The van der Waals surface area contributed by atoms with Crippen LogP contribution in [0.4, 0.5) is 0 Å². The predicted octanol–water partition coefficient (Wildman–Crippen LogP) is 2.50. The molecule has 2 rings (SSSR count). The van der Waals surface area contributed by atoms with Crippen LogP contribution >= 0.6 is 0 Å². The van der Waals surface area contributed by atoms with Crippen LogP contribution in [0.3, 0.4) is 0 Å². The van der Waals surface area contributed by atoms with E-state index in [2.05, 4.69) is 39.2 Å². The van der Waals surface area contributed by atoms with Crippen LogP contribution in [0.25, 0.3) is 0 Å². The lowest BCUT2D eigenvalue weighted by Crippen LogP contribution is -2.39. The molecule has 0 spiro atoms. The monoisotopic (exact) mass is 584 g/mol. The van der Waals surface area contributed by atoms with Crippen LogP contribution in [0.15, 0.2) is 0 Å². The Morgan fingerprint density at radius 3 is 1.95 bits per heavy atom. The number of nitrogens with zero attached hydrogens (tertiary/aromatic N) is 3. The zero-order valence-electron chi connectivity index (χ0n) is 26.7. The average molecular weight is 584 g/mol. The fraction of sp³-hybridized carbons (Fsp3) is 0.969. The highest BCUT2D eigenvalue weighted by Crippen LogP contribution is 2.27. The first-order chi connectivity index (χ1) is 19.7. The summed E-state index contributed by atoms with van der Waals surface area (Å²) in [4.78, 5) is 19.7. The molecule has 2 saturated heterocycles. The number of rotatable bonds is 22. The highest BCUT2D eigenvalue weighted by Gasteiger charge is 2.22. The molecule has 2 unspecified atom stereocenters. The molecule has 0 aromatic rings. The Kier molecular flexibility index (Phi) is 19.4. The van der Waals surface area contributed by atoms with Gasteiger partial charge in [0.25, 0.3) is 0 Å². The van der Waals surface area contributed by atoms with Gasteiger partial charge in [0.1, 0.15) is 6.23 Å². The van der Waals surface area contributed by atoms with Crippen molar-refractivity contribution in [2.24, 2.45) is 17.8 Å². The summed E-state index contributed by atoms with van der Waals surface area (Å²) in [5, 5.41) is 34.4. The molecule has 41 heavy (non-hydrogen) atoms. The maximum absolute atomic E-state index is 12.4. The number of carbonyl (C=O) groups is 1. The summed E-state index contributed by atoms with van der Waals surface area (Å²) in [6.45, 7) is 16.3. The van der Waals surface area contributed by atoms with E-state index in [-0.39, 0.29) is 12.5 Å². The van der Waals surface area contributed by atoms with Gasteiger partial charge in [0.2, 0.25) is 5.91 Å². The van der Waals surface area contributed by atoms with Crippen LogP contribution < -0.4 is 10.6 Å². The minimum Gasteiger partial charge on any atom is -0.394 e. The molecule has 0 radical (unpaired) electrons. The van der Waals surface area contributed by atoms with Crippen molar-refractivity contribution in [3.05, 3.63) is 0 Å². The Morgan fingerprint density at radius 1 is 0.854 bits per heavy atom. The first-order valence-corrected chi connectivity index (χ1v) is 16.9. The van der Waals surface area contributed by atoms with Crippen LogP contribution in [0.2, 0.25) is 0 Å². The molecule has 5 N–H and O–H groups in total. The van der Waals surface area contributed by atoms with Crippen molar-refractivity contribution < 1.29 is 20.1 Å². The normalized spacial score (nSPS) is 19.7. The van der Waals surface area contributed by atoms with Crippen molar-refractivity contribution in [2.75, 3.05) is 78.6 Å². The Bertz CT molecular complexity index is 652. The second-order valence-corrected chi connectivity index (χ2v) is 13.3. The van der Waals surface area contributed by atoms with Crippen molar-refractivity contribution in [1.82, 2.24) is 25.3 Å². The molecule has 0 aromatic heterocycles. The van der Waals surface area contributed by atoms with Gasteiger partial charge in [-0.05, 0) is 122 Å². The number of nitrogens with one attached hydrogen (secondary N) is 2. The molecule has 2 aliphatic rings. The lowest BCUT2D eigenvalue weighted by Gasteiger charge is -2.34. The molecule has 0 aliphatic carbocycles. The van der Waals surface area contributed by atoms with E-state index in [4.69, 9.17) is 0 Å². The summed E-state index contributed by atoms with van der Waals surface area (Å²) in [7, 11) is 0. The average Bonchev–Trinajstić information content (AvgIpc) is 2.96. The predicted molar refractivity (Wildman–Crippen MR) is 168 cm³/mol. The maximum Gasteiger partial charge on any atom is 0.221 e. The lowest BCUT2D eigenvalue weighted by molar-refractivity contribution is -0.121. The molecular weight excluding hydrogens is 518 g/mol. The zero-order chi connectivity index (χ0) is 29.9. The molecule has 2 heterocycles. The fourth-order valence-electron chi connectivity index (χ4n) is 6.28. The molecule has 9 nitrogen and oxygen atoms in total. The quantitative estimate of drug-likeness (QED) is 0.0977. The molecule has 242 valence electrons. The molecule has 2 fully saturated rings. The van der Waals surface area contributed by atoms with Crippen LogP contribution in [-0.4, -0.2) is 127 Å². The number of aliphatic hydroxyl groups is 3. The largest absolute Gasteiger partial charge is 0.394 e. The van der Waals surface area contributed by atoms with Gasteiger partial charge in [0, 0.05) is 26.1 Å². The minimum atomic E-state index is -0.763. The summed E-state index contributed by atoms with van der Waals surface area (Å²) in [6.07, 6.45) is 11.8. The SMILES string of the molecule is CC(C)CCN1CCC(CCCC2CCN(CCC(=O)NCCCN(CCCNC(C)O)CC(O)CO)CC2)CC1. The highest BCUT2D eigenvalue weighted by molar-refractivity contribution is 5.76. The van der Waals surface area contributed by atoms with E-state index in [0.717, 1.165) is 63.3 Å². The van der Waals surface area contributed by atoms with Gasteiger partial charge in [-0.25, -0.2) is 0 Å². The van der Waals surface area contributed by atoms with Gasteiger partial charge in [-0.2, -0.15) is 0 Å². The van der Waals surface area contributed by atoms with Crippen molar-refractivity contribution in [3.63, 3.8) is 0 Å². The number of aliphatic hydroxyl groups excluding tert-OH is 3. The van der Waals surface area contributed by atoms with Crippen molar-refractivity contribution in [1.29, 1.82) is 0 Å². The van der Waals surface area contributed by atoms with Crippen LogP contribution in [0, 0.1) is 17.8 Å². The number of hydrogen-bond donors (Lipinski definition) is 5. The smallest absolute Gasteiger partial charge is 0.221 e.